The summed E-state index contributed by atoms with van der Waals surface area (Å²) in [6.07, 6.45) is 9.24. The molecule has 0 aliphatic heterocycles. The summed E-state index contributed by atoms with van der Waals surface area (Å²) in [5.74, 6) is 0.198. The number of hydrogen-bond donors (Lipinski definition) is 2. The third kappa shape index (κ3) is 4.32. The summed E-state index contributed by atoms with van der Waals surface area (Å²) < 4.78 is 0. The maximum Gasteiger partial charge on any atom is 0.303 e. The molecule has 3 rings (SSSR count). The smallest absolute Gasteiger partial charge is 0.303 e. The zero-order valence-corrected chi connectivity index (χ0v) is 16.2. The minimum atomic E-state index is -0.746. The molecule has 2 aliphatic carbocycles. The van der Waals surface area contributed by atoms with Crippen molar-refractivity contribution in [3.8, 4) is 0 Å². The fourth-order valence-corrected chi connectivity index (χ4v) is 5.07. The molecule has 1 aromatic rings. The first-order valence-electron chi connectivity index (χ1n) is 9.79. The quantitative estimate of drug-likeness (QED) is 0.399. The number of unbranched alkanes of at least 4 members (excludes halogenated alkanes) is 1. The van der Waals surface area contributed by atoms with Gasteiger partial charge < -0.3 is 10.2 Å². The van der Waals surface area contributed by atoms with Crippen molar-refractivity contribution in [3.63, 3.8) is 0 Å². The van der Waals surface area contributed by atoms with Gasteiger partial charge in [-0.25, -0.2) is 0 Å². The van der Waals surface area contributed by atoms with Crippen molar-refractivity contribution < 1.29 is 15.0 Å². The molecule has 26 heavy (non-hydrogen) atoms. The van der Waals surface area contributed by atoms with Gasteiger partial charge in [0, 0.05) is 17.7 Å². The Morgan fingerprint density at radius 2 is 2.15 bits per heavy atom. The van der Waals surface area contributed by atoms with E-state index in [9.17, 15) is 9.90 Å². The molecule has 142 valence electrons. The first-order chi connectivity index (χ1) is 12.5. The van der Waals surface area contributed by atoms with Gasteiger partial charge in [-0.15, -0.1) is 11.6 Å². The van der Waals surface area contributed by atoms with Crippen LogP contribution in [0.25, 0.3) is 0 Å². The molecule has 2 aliphatic rings. The molecular weight excluding hydrogens is 348 g/mol. The first kappa shape index (κ1) is 19.4. The summed E-state index contributed by atoms with van der Waals surface area (Å²) in [6.45, 7) is 2.28. The number of fused-ring (bicyclic) bond motifs is 1. The molecule has 1 saturated carbocycles. The Labute approximate surface area is 161 Å². The Bertz CT molecular complexity index is 669. The Kier molecular flexibility index (Phi) is 6.42. The highest BCUT2D eigenvalue weighted by Gasteiger charge is 2.42. The molecule has 0 bridgehead atoms. The number of aryl methyl sites for hydroxylation is 1. The highest BCUT2D eigenvalue weighted by molar-refractivity contribution is 6.21. The van der Waals surface area contributed by atoms with Crippen LogP contribution in [-0.2, 0) is 11.2 Å². The van der Waals surface area contributed by atoms with E-state index in [0.717, 1.165) is 19.3 Å². The second-order valence-corrected chi connectivity index (χ2v) is 8.46. The lowest BCUT2D eigenvalue weighted by Crippen LogP contribution is -2.18. The van der Waals surface area contributed by atoms with Crippen molar-refractivity contribution in [2.75, 3.05) is 0 Å². The Balaban J connectivity index is 1.67. The molecule has 0 aromatic heterocycles. The van der Waals surface area contributed by atoms with Crippen molar-refractivity contribution in [2.24, 2.45) is 5.92 Å². The molecule has 0 spiro atoms. The second-order valence-electron chi connectivity index (χ2n) is 7.90. The number of benzene rings is 1. The molecule has 2 N–H and O–H groups in total. The summed E-state index contributed by atoms with van der Waals surface area (Å²) in [6, 6.07) is 6.73. The SMILES string of the molecule is CC1CCc2cc([C@@H]3[C@@H](C/C=C\CCCC(=O)O)[C@H](Cl)C[C@H]3O)ccc21. The highest BCUT2D eigenvalue weighted by atomic mass is 35.5. The van der Waals surface area contributed by atoms with E-state index in [0.29, 0.717) is 18.8 Å². The molecular formula is C22H29ClO3. The Hall–Kier alpha value is -1.32. The standard InChI is InChI=1S/C22H29ClO3/c1-14-8-9-15-12-16(10-11-17(14)15)22-18(19(23)13-20(22)24)6-4-2-3-5-7-21(25)26/h2,4,10-12,14,18-20,22,24H,3,5-9,13H2,1H3,(H,25,26)/b4-2-/t14?,18-,19+,20+,22+/m0/s1. The number of carbonyl (C=O) groups is 1. The van der Waals surface area contributed by atoms with Gasteiger partial charge in [-0.1, -0.05) is 37.3 Å². The largest absolute Gasteiger partial charge is 0.481 e. The van der Waals surface area contributed by atoms with Crippen molar-refractivity contribution in [1.29, 1.82) is 0 Å². The number of aliphatic hydroxyl groups is 1. The fourth-order valence-electron chi connectivity index (χ4n) is 4.63. The number of alkyl halides is 1. The van der Waals surface area contributed by atoms with Gasteiger partial charge in [0.05, 0.1) is 6.10 Å². The molecule has 4 heteroatoms. The van der Waals surface area contributed by atoms with Crippen LogP contribution < -0.4 is 0 Å². The van der Waals surface area contributed by atoms with Gasteiger partial charge in [-0.2, -0.15) is 0 Å². The van der Waals surface area contributed by atoms with Crippen LogP contribution in [0.15, 0.2) is 30.4 Å². The predicted octanol–water partition coefficient (Wildman–Crippen LogP) is 5.01. The van der Waals surface area contributed by atoms with Crippen LogP contribution in [0.5, 0.6) is 0 Å². The van der Waals surface area contributed by atoms with E-state index in [1.807, 2.05) is 0 Å². The zero-order valence-electron chi connectivity index (χ0n) is 15.4. The molecule has 0 saturated heterocycles. The number of hydrogen-bond acceptors (Lipinski definition) is 2. The minimum absolute atomic E-state index is 0.0224. The van der Waals surface area contributed by atoms with Crippen LogP contribution in [0.3, 0.4) is 0 Å². The van der Waals surface area contributed by atoms with E-state index in [-0.39, 0.29) is 29.7 Å². The lowest BCUT2D eigenvalue weighted by molar-refractivity contribution is -0.137. The summed E-state index contributed by atoms with van der Waals surface area (Å²) in [5.41, 5.74) is 4.11. The van der Waals surface area contributed by atoms with Crippen molar-refractivity contribution in [3.05, 3.63) is 47.0 Å². The van der Waals surface area contributed by atoms with E-state index >= 15 is 0 Å². The van der Waals surface area contributed by atoms with E-state index in [1.165, 1.54) is 23.1 Å². The predicted molar refractivity (Wildman–Crippen MR) is 105 cm³/mol. The average Bonchev–Trinajstić information content (AvgIpc) is 3.10. The molecule has 1 unspecified atom stereocenters. The van der Waals surface area contributed by atoms with E-state index in [1.54, 1.807) is 0 Å². The van der Waals surface area contributed by atoms with Gasteiger partial charge >= 0.3 is 5.97 Å². The van der Waals surface area contributed by atoms with Gasteiger partial charge in [-0.3, -0.25) is 4.79 Å². The van der Waals surface area contributed by atoms with Gasteiger partial charge in [0.15, 0.2) is 0 Å². The molecule has 0 heterocycles. The van der Waals surface area contributed by atoms with Gasteiger partial charge in [0.1, 0.15) is 0 Å². The molecule has 0 amide bonds. The monoisotopic (exact) mass is 376 g/mol. The molecule has 0 radical (unpaired) electrons. The molecule has 1 fully saturated rings. The summed E-state index contributed by atoms with van der Waals surface area (Å²) in [4.78, 5) is 10.6. The number of rotatable bonds is 7. The number of carboxylic acids is 1. The van der Waals surface area contributed by atoms with E-state index in [2.05, 4.69) is 37.3 Å². The Morgan fingerprint density at radius 1 is 1.35 bits per heavy atom. The maximum atomic E-state index is 10.6. The van der Waals surface area contributed by atoms with Crippen LogP contribution in [0, 0.1) is 5.92 Å². The normalized spacial score (nSPS) is 30.8. The van der Waals surface area contributed by atoms with Crippen LogP contribution in [0.4, 0.5) is 0 Å². The van der Waals surface area contributed by atoms with E-state index < -0.39 is 5.97 Å². The number of aliphatic carboxylic acids is 1. The van der Waals surface area contributed by atoms with E-state index in [4.69, 9.17) is 16.7 Å². The third-order valence-corrected chi connectivity index (χ3v) is 6.57. The summed E-state index contributed by atoms with van der Waals surface area (Å²) in [5, 5.41) is 19.3. The number of aliphatic hydroxyl groups excluding tert-OH is 1. The second kappa shape index (κ2) is 8.58. The summed E-state index contributed by atoms with van der Waals surface area (Å²) in [7, 11) is 0. The minimum Gasteiger partial charge on any atom is -0.481 e. The molecule has 3 nitrogen and oxygen atoms in total. The van der Waals surface area contributed by atoms with Gasteiger partial charge in [-0.05, 0) is 67.1 Å². The fraction of sp³-hybridized carbons (Fsp3) is 0.591. The Morgan fingerprint density at radius 3 is 2.92 bits per heavy atom. The zero-order chi connectivity index (χ0) is 18.7. The maximum absolute atomic E-state index is 10.6. The average molecular weight is 377 g/mol. The number of allylic oxidation sites excluding steroid dienone is 2. The van der Waals surface area contributed by atoms with Crippen LogP contribution in [0.1, 0.15) is 74.0 Å². The van der Waals surface area contributed by atoms with Crippen molar-refractivity contribution in [2.45, 2.75) is 75.2 Å². The highest BCUT2D eigenvalue weighted by Crippen LogP contribution is 2.46. The molecule has 1 aromatic carbocycles. The number of halogens is 1. The van der Waals surface area contributed by atoms with Crippen LogP contribution in [-0.4, -0.2) is 27.7 Å². The lowest BCUT2D eigenvalue weighted by Gasteiger charge is -2.24. The third-order valence-electron chi connectivity index (χ3n) is 6.07. The topological polar surface area (TPSA) is 57.5 Å². The van der Waals surface area contributed by atoms with Gasteiger partial charge in [0.25, 0.3) is 0 Å². The number of carboxylic acid groups (broad SMARTS) is 1. The van der Waals surface area contributed by atoms with Crippen molar-refractivity contribution >= 4 is 17.6 Å². The van der Waals surface area contributed by atoms with Crippen LogP contribution >= 0.6 is 11.6 Å². The molecule has 5 atom stereocenters. The lowest BCUT2D eigenvalue weighted by atomic mass is 9.84. The summed E-state index contributed by atoms with van der Waals surface area (Å²) >= 11 is 6.57. The van der Waals surface area contributed by atoms with Gasteiger partial charge in [0.2, 0.25) is 0 Å². The first-order valence-corrected chi connectivity index (χ1v) is 10.2. The van der Waals surface area contributed by atoms with Crippen molar-refractivity contribution in [1.82, 2.24) is 0 Å². The van der Waals surface area contributed by atoms with Crippen LogP contribution in [0.2, 0.25) is 0 Å².